The molecule has 3 rings (SSSR count). The third kappa shape index (κ3) is 4.01. The number of nitrogens with zero attached hydrogens (tertiary/aromatic N) is 2. The number of hydrogen-bond donors (Lipinski definition) is 1. The van der Waals surface area contributed by atoms with Crippen LogP contribution in [0.4, 0.5) is 0 Å². The molecule has 1 aliphatic heterocycles. The number of carbonyl (C=O) groups excluding carboxylic acids is 2. The second-order valence-corrected chi connectivity index (χ2v) is 7.97. The number of benzene rings is 1. The fourth-order valence-electron chi connectivity index (χ4n) is 3.48. The van der Waals surface area contributed by atoms with E-state index in [0.717, 1.165) is 5.01 Å². The van der Waals surface area contributed by atoms with Crippen molar-refractivity contribution in [2.24, 2.45) is 0 Å². The van der Waals surface area contributed by atoms with Crippen molar-refractivity contribution in [2.75, 3.05) is 26.9 Å². The number of carbonyl (C=O) groups is 2. The van der Waals surface area contributed by atoms with Crippen LogP contribution in [0, 0.1) is 13.8 Å². The molecule has 0 radical (unpaired) electrons. The smallest absolute Gasteiger partial charge is 0.290 e. The van der Waals surface area contributed by atoms with Gasteiger partial charge < -0.3 is 19.5 Å². The quantitative estimate of drug-likeness (QED) is 0.485. The molecule has 0 saturated carbocycles. The van der Waals surface area contributed by atoms with E-state index >= 15 is 0 Å². The van der Waals surface area contributed by atoms with Crippen molar-refractivity contribution in [2.45, 2.75) is 19.9 Å². The highest BCUT2D eigenvalue weighted by Crippen LogP contribution is 2.43. The van der Waals surface area contributed by atoms with Gasteiger partial charge in [-0.3, -0.25) is 9.59 Å². The van der Waals surface area contributed by atoms with E-state index in [2.05, 4.69) is 11.6 Å². The van der Waals surface area contributed by atoms with Crippen LogP contribution < -0.4 is 4.74 Å². The number of ketones is 1. The van der Waals surface area contributed by atoms with Crippen molar-refractivity contribution < 1.29 is 24.2 Å². The molecule has 1 aromatic carbocycles. The fraction of sp³-hybridized carbons (Fsp3) is 0.318. The van der Waals surface area contributed by atoms with Gasteiger partial charge in [0.25, 0.3) is 5.91 Å². The number of hydrogen-bond acceptors (Lipinski definition) is 7. The Hall–Kier alpha value is -2.97. The highest BCUT2D eigenvalue weighted by molar-refractivity contribution is 7.14. The lowest BCUT2D eigenvalue weighted by molar-refractivity contribution is -0.130. The molecule has 0 aliphatic carbocycles. The first-order valence-corrected chi connectivity index (χ1v) is 10.3. The third-order valence-electron chi connectivity index (χ3n) is 4.76. The van der Waals surface area contributed by atoms with Gasteiger partial charge >= 0.3 is 0 Å². The van der Waals surface area contributed by atoms with E-state index in [1.54, 1.807) is 37.3 Å². The zero-order valence-corrected chi connectivity index (χ0v) is 18.0. The van der Waals surface area contributed by atoms with Crippen molar-refractivity contribution in [3.05, 3.63) is 69.4 Å². The number of methoxy groups -OCH3 is 1. The van der Waals surface area contributed by atoms with Gasteiger partial charge in [0.2, 0.25) is 5.78 Å². The number of para-hydroxylation sites is 1. The summed E-state index contributed by atoms with van der Waals surface area (Å²) in [4.78, 5) is 32.5. The van der Waals surface area contributed by atoms with Crippen LogP contribution >= 0.6 is 11.3 Å². The first-order chi connectivity index (χ1) is 14.4. The summed E-state index contributed by atoms with van der Waals surface area (Å²) in [6, 6.07) is 6.35. The van der Waals surface area contributed by atoms with Crippen molar-refractivity contribution in [1.29, 1.82) is 0 Å². The normalized spacial score (nSPS) is 16.3. The number of ether oxygens (including phenoxy) is 2. The van der Waals surface area contributed by atoms with Crippen LogP contribution in [-0.4, -0.2) is 53.5 Å². The molecule has 8 heteroatoms. The molecule has 0 spiro atoms. The van der Waals surface area contributed by atoms with Gasteiger partial charge in [0.05, 0.1) is 33.8 Å². The summed E-state index contributed by atoms with van der Waals surface area (Å²) in [6.07, 6.45) is 1.61. The average Bonchev–Trinajstić information content (AvgIpc) is 3.20. The van der Waals surface area contributed by atoms with Gasteiger partial charge in [0.15, 0.2) is 5.76 Å². The standard InChI is InChI=1S/C22H24N2O5S/c1-5-11-29-16-9-7-6-8-15(16)18-17(19(25)21-13(2)23-14(3)30-21)20(26)22(27)24(18)10-12-28-4/h5-9,18,26H,1,10-12H2,2-4H3. The Morgan fingerprint density at radius 2 is 2.10 bits per heavy atom. The maximum Gasteiger partial charge on any atom is 0.290 e. The van der Waals surface area contributed by atoms with Crippen molar-refractivity contribution in [3.63, 3.8) is 0 Å². The van der Waals surface area contributed by atoms with E-state index in [4.69, 9.17) is 9.47 Å². The van der Waals surface area contributed by atoms with Crippen LogP contribution in [0.15, 0.2) is 48.3 Å². The maximum atomic E-state index is 13.5. The lowest BCUT2D eigenvalue weighted by atomic mass is 9.94. The second-order valence-electron chi connectivity index (χ2n) is 6.77. The lowest BCUT2D eigenvalue weighted by Gasteiger charge is -2.27. The Morgan fingerprint density at radius 3 is 2.73 bits per heavy atom. The number of amides is 1. The fourth-order valence-corrected chi connectivity index (χ4v) is 4.35. The van der Waals surface area contributed by atoms with Crippen LogP contribution in [0.3, 0.4) is 0 Å². The summed E-state index contributed by atoms with van der Waals surface area (Å²) >= 11 is 1.24. The Bertz CT molecular complexity index is 1010. The minimum Gasteiger partial charge on any atom is -0.503 e. The number of thiazole rings is 1. The molecular weight excluding hydrogens is 404 g/mol. The minimum absolute atomic E-state index is 0.0255. The zero-order valence-electron chi connectivity index (χ0n) is 17.2. The molecule has 158 valence electrons. The minimum atomic E-state index is -0.803. The van der Waals surface area contributed by atoms with E-state index in [1.807, 2.05) is 6.92 Å². The average molecular weight is 429 g/mol. The topological polar surface area (TPSA) is 89.0 Å². The van der Waals surface area contributed by atoms with E-state index in [0.29, 0.717) is 21.9 Å². The summed E-state index contributed by atoms with van der Waals surface area (Å²) in [5, 5.41) is 11.4. The molecule has 0 bridgehead atoms. The molecule has 1 N–H and O–H groups in total. The monoisotopic (exact) mass is 428 g/mol. The van der Waals surface area contributed by atoms with Crippen LogP contribution in [0.5, 0.6) is 5.75 Å². The summed E-state index contributed by atoms with van der Waals surface area (Å²) in [7, 11) is 1.53. The van der Waals surface area contributed by atoms with Gasteiger partial charge in [0.1, 0.15) is 12.4 Å². The second kappa shape index (κ2) is 9.23. The maximum absolute atomic E-state index is 13.5. The third-order valence-corrected chi connectivity index (χ3v) is 5.84. The molecule has 1 aliphatic rings. The molecule has 0 saturated heterocycles. The van der Waals surface area contributed by atoms with Crippen LogP contribution in [0.2, 0.25) is 0 Å². The Balaban J connectivity index is 2.14. The zero-order chi connectivity index (χ0) is 21.8. The molecule has 1 aromatic heterocycles. The molecule has 2 heterocycles. The molecule has 30 heavy (non-hydrogen) atoms. The van der Waals surface area contributed by atoms with Gasteiger partial charge in [-0.25, -0.2) is 4.98 Å². The van der Waals surface area contributed by atoms with E-state index in [9.17, 15) is 14.7 Å². The SMILES string of the molecule is C=CCOc1ccccc1C1C(C(=O)c2sc(C)nc2C)=C(O)C(=O)N1CCOC. The van der Waals surface area contributed by atoms with Gasteiger partial charge in [-0.15, -0.1) is 11.3 Å². The summed E-state index contributed by atoms with van der Waals surface area (Å²) in [5.41, 5.74) is 1.20. The molecular formula is C22H24N2O5S. The molecule has 1 amide bonds. The Kier molecular flexibility index (Phi) is 6.69. The van der Waals surface area contributed by atoms with Crippen molar-refractivity contribution in [1.82, 2.24) is 9.88 Å². The summed E-state index contributed by atoms with van der Waals surface area (Å²) < 4.78 is 10.9. The molecule has 0 fully saturated rings. The first kappa shape index (κ1) is 21.7. The number of aliphatic hydroxyl groups excluding tert-OH is 1. The van der Waals surface area contributed by atoms with Crippen LogP contribution in [0.1, 0.15) is 32.0 Å². The Labute approximate surface area is 179 Å². The largest absolute Gasteiger partial charge is 0.503 e. The van der Waals surface area contributed by atoms with E-state index in [1.165, 1.54) is 23.3 Å². The van der Waals surface area contributed by atoms with Gasteiger partial charge in [-0.1, -0.05) is 30.9 Å². The van der Waals surface area contributed by atoms with Gasteiger partial charge in [-0.2, -0.15) is 0 Å². The number of aromatic nitrogens is 1. The number of rotatable bonds is 9. The van der Waals surface area contributed by atoms with Gasteiger partial charge in [0, 0.05) is 19.2 Å². The molecule has 2 aromatic rings. The predicted octanol–water partition coefficient (Wildman–Crippen LogP) is 3.55. The lowest BCUT2D eigenvalue weighted by Crippen LogP contribution is -2.34. The molecule has 1 unspecified atom stereocenters. The number of aliphatic hydroxyl groups is 1. The summed E-state index contributed by atoms with van der Waals surface area (Å²) in [6.45, 7) is 7.94. The highest BCUT2D eigenvalue weighted by atomic mass is 32.1. The Morgan fingerprint density at radius 1 is 1.37 bits per heavy atom. The van der Waals surface area contributed by atoms with Crippen LogP contribution in [0.25, 0.3) is 0 Å². The first-order valence-electron chi connectivity index (χ1n) is 9.45. The van der Waals surface area contributed by atoms with E-state index < -0.39 is 23.5 Å². The van der Waals surface area contributed by atoms with Crippen molar-refractivity contribution >= 4 is 23.0 Å². The molecule has 7 nitrogen and oxygen atoms in total. The van der Waals surface area contributed by atoms with Crippen molar-refractivity contribution in [3.8, 4) is 5.75 Å². The molecule has 1 atom stereocenters. The van der Waals surface area contributed by atoms with Gasteiger partial charge in [-0.05, 0) is 19.9 Å². The van der Waals surface area contributed by atoms with Crippen LogP contribution in [-0.2, 0) is 9.53 Å². The summed E-state index contributed by atoms with van der Waals surface area (Å²) in [5.74, 6) is -1.06. The predicted molar refractivity (Wildman–Crippen MR) is 114 cm³/mol. The highest BCUT2D eigenvalue weighted by Gasteiger charge is 2.45. The number of Topliss-reactive ketones (excluding diaryl/α,β-unsaturated/α-hetero) is 1. The number of aryl methyl sites for hydroxylation is 2. The van der Waals surface area contributed by atoms with E-state index in [-0.39, 0.29) is 25.3 Å².